The highest BCUT2D eigenvalue weighted by Gasteiger charge is 2.38. The van der Waals surface area contributed by atoms with Gasteiger partial charge in [0.25, 0.3) is 10.0 Å². The summed E-state index contributed by atoms with van der Waals surface area (Å²) in [6.07, 6.45) is 2.75. The van der Waals surface area contributed by atoms with Gasteiger partial charge in [-0.25, -0.2) is 23.4 Å². The van der Waals surface area contributed by atoms with Gasteiger partial charge in [0, 0.05) is 67.8 Å². The molecule has 4 aromatic heterocycles. The number of likely N-dealkylation sites (N-methyl/N-ethyl adjacent to an activating group) is 1. The van der Waals surface area contributed by atoms with Crippen molar-refractivity contribution >= 4 is 49.2 Å². The van der Waals surface area contributed by atoms with E-state index in [9.17, 15) is 21.6 Å². The van der Waals surface area contributed by atoms with Crippen LogP contribution in [-0.2, 0) is 10.0 Å². The number of ether oxygens (including phenoxy) is 1. The summed E-state index contributed by atoms with van der Waals surface area (Å²) in [5.41, 5.74) is 2.77. The van der Waals surface area contributed by atoms with Gasteiger partial charge in [-0.05, 0) is 45.9 Å². The van der Waals surface area contributed by atoms with E-state index in [-0.39, 0.29) is 17.6 Å². The third-order valence-electron chi connectivity index (χ3n) is 8.45. The normalized spacial score (nSPS) is 16.4. The smallest absolute Gasteiger partial charge is 0.422 e. The van der Waals surface area contributed by atoms with Crippen molar-refractivity contribution < 1.29 is 26.3 Å². The molecule has 1 N–H and O–H groups in total. The van der Waals surface area contributed by atoms with Crippen molar-refractivity contribution in [2.75, 3.05) is 50.1 Å². The van der Waals surface area contributed by atoms with Crippen molar-refractivity contribution in [1.82, 2.24) is 33.6 Å². The van der Waals surface area contributed by atoms with E-state index in [1.54, 1.807) is 24.5 Å². The third kappa shape index (κ3) is 6.18. The maximum Gasteiger partial charge on any atom is 0.422 e. The Morgan fingerprint density at radius 2 is 1.79 bits per heavy atom. The lowest BCUT2D eigenvalue weighted by Crippen LogP contribution is -2.44. The van der Waals surface area contributed by atoms with E-state index in [1.165, 1.54) is 12.4 Å². The highest BCUT2D eigenvalue weighted by molar-refractivity contribution is 7.90. The maximum atomic E-state index is 13.4. The molecule has 5 heterocycles. The van der Waals surface area contributed by atoms with Gasteiger partial charge in [-0.3, -0.25) is 0 Å². The molecule has 0 atom stereocenters. The fraction of sp³-hybridized carbons (Fsp3) is 0.419. The van der Waals surface area contributed by atoms with Gasteiger partial charge in [0.15, 0.2) is 12.4 Å². The number of aromatic nitrogens is 6. The summed E-state index contributed by atoms with van der Waals surface area (Å²) in [6.45, 7) is 5.81. The van der Waals surface area contributed by atoms with Crippen molar-refractivity contribution in [3.8, 4) is 17.1 Å². The monoisotopic (exact) mass is 669 g/mol. The van der Waals surface area contributed by atoms with E-state index in [0.717, 1.165) is 47.0 Å². The second-order valence-corrected chi connectivity index (χ2v) is 14.4. The molecule has 1 aromatic carbocycles. The minimum atomic E-state index is -4.50. The molecular formula is C31H34F3N9O3S. The highest BCUT2D eigenvalue weighted by atomic mass is 32.2. The number of piperazine rings is 1. The molecule has 0 unspecified atom stereocenters. The van der Waals surface area contributed by atoms with Gasteiger partial charge in [-0.1, -0.05) is 0 Å². The number of hydrogen-bond donors (Lipinski definition) is 1. The molecule has 0 bridgehead atoms. The van der Waals surface area contributed by atoms with Gasteiger partial charge < -0.3 is 24.4 Å². The van der Waals surface area contributed by atoms with Crippen molar-refractivity contribution in [2.24, 2.45) is 0 Å². The molecule has 47 heavy (non-hydrogen) atoms. The van der Waals surface area contributed by atoms with Crippen molar-refractivity contribution in [3.63, 3.8) is 0 Å². The lowest BCUT2D eigenvalue weighted by atomic mass is 10.1. The predicted molar refractivity (Wildman–Crippen MR) is 173 cm³/mol. The Morgan fingerprint density at radius 1 is 1.02 bits per heavy atom. The second kappa shape index (κ2) is 11.7. The fourth-order valence-corrected chi connectivity index (χ4v) is 7.41. The van der Waals surface area contributed by atoms with Gasteiger partial charge >= 0.3 is 6.18 Å². The van der Waals surface area contributed by atoms with Crippen molar-refractivity contribution in [3.05, 3.63) is 49.1 Å². The summed E-state index contributed by atoms with van der Waals surface area (Å²) in [4.78, 5) is 17.8. The van der Waals surface area contributed by atoms with Crippen molar-refractivity contribution in [1.29, 1.82) is 0 Å². The maximum absolute atomic E-state index is 13.4. The van der Waals surface area contributed by atoms with Crippen LogP contribution < -0.4 is 15.0 Å². The van der Waals surface area contributed by atoms with Crippen LogP contribution >= 0.6 is 0 Å². The Hall–Kier alpha value is -4.44. The lowest BCUT2D eigenvalue weighted by Gasteiger charge is -2.34. The summed E-state index contributed by atoms with van der Waals surface area (Å²) in [6, 6.07) is 7.17. The zero-order chi connectivity index (χ0) is 33.1. The van der Waals surface area contributed by atoms with Crippen LogP contribution in [0, 0.1) is 0 Å². The number of fused-ring (bicyclic) bond motifs is 3. The minimum Gasteiger partial charge on any atom is -0.483 e. The topological polar surface area (TPSA) is 123 Å². The largest absolute Gasteiger partial charge is 0.483 e. The Morgan fingerprint density at radius 3 is 2.49 bits per heavy atom. The van der Waals surface area contributed by atoms with Crippen LogP contribution in [0.5, 0.6) is 5.75 Å². The summed E-state index contributed by atoms with van der Waals surface area (Å²) in [5.74, 6) is 1.31. The van der Waals surface area contributed by atoms with Crippen LogP contribution in [0.2, 0.25) is 0 Å². The predicted octanol–water partition coefficient (Wildman–Crippen LogP) is 5.20. The van der Waals surface area contributed by atoms with E-state index in [1.807, 2.05) is 33.0 Å². The molecule has 2 fully saturated rings. The summed E-state index contributed by atoms with van der Waals surface area (Å²) < 4.78 is 73.8. The molecule has 248 valence electrons. The molecule has 0 spiro atoms. The van der Waals surface area contributed by atoms with Crippen LogP contribution in [0.1, 0.15) is 32.7 Å². The molecule has 16 heteroatoms. The first-order chi connectivity index (χ1) is 22.4. The lowest BCUT2D eigenvalue weighted by molar-refractivity contribution is -0.153. The van der Waals surface area contributed by atoms with Crippen LogP contribution in [0.15, 0.2) is 49.1 Å². The first kappa shape index (κ1) is 31.2. The number of anilines is 3. The number of pyridine rings is 1. The number of nitrogens with zero attached hydrogens (tertiary/aromatic N) is 8. The van der Waals surface area contributed by atoms with Gasteiger partial charge in [0.2, 0.25) is 0 Å². The Balaban J connectivity index is 1.26. The first-order valence-electron chi connectivity index (χ1n) is 15.4. The van der Waals surface area contributed by atoms with Crippen LogP contribution in [0.3, 0.4) is 0 Å². The van der Waals surface area contributed by atoms with Gasteiger partial charge in [0.1, 0.15) is 17.4 Å². The van der Waals surface area contributed by atoms with E-state index < -0.39 is 28.1 Å². The average Bonchev–Trinajstić information content (AvgIpc) is 3.68. The molecule has 5 aromatic rings. The molecular weight excluding hydrogens is 635 g/mol. The molecule has 1 saturated heterocycles. The number of nitrogens with one attached hydrogen (secondary N) is 1. The third-order valence-corrected chi connectivity index (χ3v) is 10.5. The minimum absolute atomic E-state index is 0.0439. The number of benzene rings is 1. The van der Waals surface area contributed by atoms with Gasteiger partial charge in [0.05, 0.1) is 39.6 Å². The van der Waals surface area contributed by atoms with E-state index >= 15 is 0 Å². The Kier molecular flexibility index (Phi) is 7.74. The molecule has 2 aliphatic rings. The van der Waals surface area contributed by atoms with Crippen LogP contribution in [0.4, 0.5) is 30.5 Å². The summed E-state index contributed by atoms with van der Waals surface area (Å²) in [5, 5.41) is 8.05. The average molecular weight is 670 g/mol. The Bertz CT molecular complexity index is 2070. The number of alkyl halides is 3. The Labute approximate surface area is 269 Å². The van der Waals surface area contributed by atoms with E-state index in [0.29, 0.717) is 40.8 Å². The molecule has 7 rings (SSSR count). The number of halogens is 3. The SMILES string of the molecule is CC(C)n1c2cc(Nc3ccnc(-c4cnn(S(=O)(=O)C5CC5)c4)n3)ncc2c2c(OCC(F)(F)F)cc(N3CCN(C)CC3)cc21. The van der Waals surface area contributed by atoms with E-state index in [2.05, 4.69) is 39.7 Å². The highest BCUT2D eigenvalue weighted by Crippen LogP contribution is 2.42. The zero-order valence-corrected chi connectivity index (χ0v) is 26.9. The van der Waals surface area contributed by atoms with E-state index in [4.69, 9.17) is 4.74 Å². The molecule has 1 aliphatic carbocycles. The van der Waals surface area contributed by atoms with Crippen molar-refractivity contribution in [2.45, 2.75) is 44.2 Å². The molecule has 0 radical (unpaired) electrons. The first-order valence-corrected chi connectivity index (χ1v) is 16.9. The van der Waals surface area contributed by atoms with Crippen LogP contribution in [0.25, 0.3) is 33.2 Å². The standard InChI is InChI=1S/C31H34F3N9O3S/c1-19(2)43-24-14-28(38-27-6-7-35-30(39-27)20-15-37-42(17-20)47(44,45)22-4-5-22)36-16-23(24)29-25(43)12-21(41-10-8-40(3)9-11-41)13-26(29)46-18-31(32,33)34/h6-7,12-17,19,22H,4-5,8-11,18H2,1-3H3,(H,35,36,38,39). The molecule has 12 nitrogen and oxygen atoms in total. The molecule has 1 saturated carbocycles. The second-order valence-electron chi connectivity index (χ2n) is 12.3. The molecule has 1 aliphatic heterocycles. The number of hydrogen-bond acceptors (Lipinski definition) is 10. The summed E-state index contributed by atoms with van der Waals surface area (Å²) >= 11 is 0. The zero-order valence-electron chi connectivity index (χ0n) is 26.1. The van der Waals surface area contributed by atoms with Gasteiger partial charge in [-0.2, -0.15) is 22.4 Å². The van der Waals surface area contributed by atoms with Crippen LogP contribution in [-0.4, -0.2) is 93.3 Å². The van der Waals surface area contributed by atoms with Gasteiger partial charge in [-0.15, -0.1) is 0 Å². The number of rotatable bonds is 9. The fourth-order valence-electron chi connectivity index (χ4n) is 5.94. The molecule has 0 amide bonds. The summed E-state index contributed by atoms with van der Waals surface area (Å²) in [7, 11) is -1.48. The quantitative estimate of drug-likeness (QED) is 0.224.